The Balaban J connectivity index is 1.95. The lowest BCUT2D eigenvalue weighted by atomic mass is 10.2. The van der Waals surface area contributed by atoms with Crippen molar-refractivity contribution in [1.82, 2.24) is 4.90 Å². The first-order valence-corrected chi connectivity index (χ1v) is 6.41. The minimum absolute atomic E-state index is 0.0538. The van der Waals surface area contributed by atoms with Crippen LogP contribution in [0.2, 0.25) is 0 Å². The number of aromatic hydroxyl groups is 1. The maximum Gasteiger partial charge on any atom is 0.246 e. The van der Waals surface area contributed by atoms with E-state index >= 15 is 0 Å². The Morgan fingerprint density at radius 1 is 1.10 bits per heavy atom. The van der Waals surface area contributed by atoms with E-state index in [1.165, 1.54) is 0 Å². The number of benzene rings is 2. The fourth-order valence-electron chi connectivity index (χ4n) is 1.81. The molecule has 2 aromatic carbocycles. The number of carbonyl (C=O) groups excluding carboxylic acids is 1. The van der Waals surface area contributed by atoms with Gasteiger partial charge in [-0.15, -0.1) is 0 Å². The molecule has 102 valence electrons. The van der Waals surface area contributed by atoms with Crippen molar-refractivity contribution in [3.8, 4) is 5.75 Å². The number of nitrogens with zero attached hydrogens (tertiary/aromatic N) is 1. The largest absolute Gasteiger partial charge is 0.508 e. The second kappa shape index (κ2) is 6.57. The smallest absolute Gasteiger partial charge is 0.246 e. The Bertz CT molecular complexity index is 588. The second-order valence-electron chi connectivity index (χ2n) is 4.60. The first-order chi connectivity index (χ1) is 9.65. The van der Waals surface area contributed by atoms with Crippen LogP contribution in [-0.4, -0.2) is 23.0 Å². The number of rotatable bonds is 4. The van der Waals surface area contributed by atoms with Crippen molar-refractivity contribution in [3.05, 3.63) is 71.8 Å². The Labute approximate surface area is 118 Å². The summed E-state index contributed by atoms with van der Waals surface area (Å²) in [5.74, 6) is 0.175. The van der Waals surface area contributed by atoms with E-state index in [1.807, 2.05) is 30.3 Å². The summed E-state index contributed by atoms with van der Waals surface area (Å²) in [7, 11) is 1.75. The number of phenols is 1. The summed E-state index contributed by atoms with van der Waals surface area (Å²) in [6.45, 7) is 0.512. The van der Waals surface area contributed by atoms with Crippen LogP contribution in [0.15, 0.2) is 60.7 Å². The highest BCUT2D eigenvalue weighted by Gasteiger charge is 2.05. The van der Waals surface area contributed by atoms with Crippen LogP contribution >= 0.6 is 0 Å². The number of hydrogen-bond donors (Lipinski definition) is 1. The van der Waals surface area contributed by atoms with Crippen molar-refractivity contribution in [1.29, 1.82) is 0 Å². The first-order valence-electron chi connectivity index (χ1n) is 6.41. The van der Waals surface area contributed by atoms with Gasteiger partial charge < -0.3 is 10.0 Å². The number of carbonyl (C=O) groups is 1. The highest BCUT2D eigenvalue weighted by atomic mass is 16.3. The second-order valence-corrected chi connectivity index (χ2v) is 4.60. The van der Waals surface area contributed by atoms with Crippen LogP contribution in [-0.2, 0) is 11.3 Å². The molecule has 0 aromatic heterocycles. The molecule has 3 heteroatoms. The minimum Gasteiger partial charge on any atom is -0.508 e. The van der Waals surface area contributed by atoms with E-state index in [1.54, 1.807) is 48.4 Å². The Morgan fingerprint density at radius 2 is 1.75 bits per heavy atom. The van der Waals surface area contributed by atoms with Crippen molar-refractivity contribution in [2.24, 2.45) is 0 Å². The average molecular weight is 267 g/mol. The number of likely N-dealkylation sites (N-methyl/N-ethyl adjacent to an activating group) is 1. The Kier molecular flexibility index (Phi) is 4.56. The van der Waals surface area contributed by atoms with Crippen LogP contribution in [0.1, 0.15) is 11.1 Å². The Morgan fingerprint density at radius 3 is 2.40 bits per heavy atom. The molecule has 0 atom stereocenters. The topological polar surface area (TPSA) is 40.5 Å². The minimum atomic E-state index is -0.0538. The van der Waals surface area contributed by atoms with E-state index in [2.05, 4.69) is 0 Å². The summed E-state index contributed by atoms with van der Waals surface area (Å²) < 4.78 is 0. The standard InChI is InChI=1S/C17H17NO2/c1-18(13-15-7-10-16(19)11-8-15)17(20)12-9-14-5-3-2-4-6-14/h2-12,19H,13H2,1H3/b12-9+. The van der Waals surface area contributed by atoms with Gasteiger partial charge in [0.15, 0.2) is 0 Å². The summed E-state index contributed by atoms with van der Waals surface area (Å²) >= 11 is 0. The highest BCUT2D eigenvalue weighted by molar-refractivity contribution is 5.91. The third-order valence-corrected chi connectivity index (χ3v) is 2.95. The molecule has 0 aliphatic rings. The van der Waals surface area contributed by atoms with E-state index in [-0.39, 0.29) is 11.7 Å². The van der Waals surface area contributed by atoms with Gasteiger partial charge in [-0.25, -0.2) is 0 Å². The summed E-state index contributed by atoms with van der Waals surface area (Å²) in [6.07, 6.45) is 3.37. The van der Waals surface area contributed by atoms with Crippen molar-refractivity contribution in [2.75, 3.05) is 7.05 Å². The maximum absolute atomic E-state index is 12.0. The van der Waals surface area contributed by atoms with E-state index < -0.39 is 0 Å². The van der Waals surface area contributed by atoms with E-state index in [4.69, 9.17) is 0 Å². The third kappa shape index (κ3) is 3.99. The maximum atomic E-state index is 12.0. The fraction of sp³-hybridized carbons (Fsp3) is 0.118. The molecule has 3 nitrogen and oxygen atoms in total. The zero-order chi connectivity index (χ0) is 14.4. The van der Waals surface area contributed by atoms with Gasteiger partial charge in [-0.05, 0) is 29.3 Å². The van der Waals surface area contributed by atoms with E-state index in [0.717, 1.165) is 11.1 Å². The summed E-state index contributed by atoms with van der Waals surface area (Å²) in [4.78, 5) is 13.6. The van der Waals surface area contributed by atoms with Gasteiger partial charge in [0.05, 0.1) is 0 Å². The van der Waals surface area contributed by atoms with Gasteiger partial charge in [-0.1, -0.05) is 42.5 Å². The monoisotopic (exact) mass is 267 g/mol. The zero-order valence-corrected chi connectivity index (χ0v) is 11.4. The van der Waals surface area contributed by atoms with E-state index in [0.29, 0.717) is 6.54 Å². The van der Waals surface area contributed by atoms with Crippen molar-refractivity contribution in [3.63, 3.8) is 0 Å². The molecule has 0 spiro atoms. The predicted molar refractivity (Wildman–Crippen MR) is 80.1 cm³/mol. The zero-order valence-electron chi connectivity index (χ0n) is 11.4. The number of amides is 1. The van der Waals surface area contributed by atoms with Gasteiger partial charge in [-0.2, -0.15) is 0 Å². The lowest BCUT2D eigenvalue weighted by Gasteiger charge is -2.15. The van der Waals surface area contributed by atoms with Crippen LogP contribution in [0, 0.1) is 0 Å². The van der Waals surface area contributed by atoms with Crippen LogP contribution in [0.5, 0.6) is 5.75 Å². The van der Waals surface area contributed by atoms with Crippen LogP contribution in [0.4, 0.5) is 0 Å². The molecule has 0 bridgehead atoms. The van der Waals surface area contributed by atoms with Crippen molar-refractivity contribution in [2.45, 2.75) is 6.54 Å². The number of hydrogen-bond acceptors (Lipinski definition) is 2. The molecule has 2 rings (SSSR count). The molecular formula is C17H17NO2. The lowest BCUT2D eigenvalue weighted by molar-refractivity contribution is -0.125. The van der Waals surface area contributed by atoms with Gasteiger partial charge in [0.1, 0.15) is 5.75 Å². The molecule has 20 heavy (non-hydrogen) atoms. The van der Waals surface area contributed by atoms with Gasteiger partial charge >= 0.3 is 0 Å². The molecule has 0 radical (unpaired) electrons. The molecule has 0 aliphatic carbocycles. The summed E-state index contributed by atoms with van der Waals surface area (Å²) in [5, 5.41) is 9.22. The van der Waals surface area contributed by atoms with Gasteiger partial charge in [-0.3, -0.25) is 4.79 Å². The third-order valence-electron chi connectivity index (χ3n) is 2.95. The van der Waals surface area contributed by atoms with Gasteiger partial charge in [0.25, 0.3) is 0 Å². The summed E-state index contributed by atoms with van der Waals surface area (Å²) in [5.41, 5.74) is 1.98. The van der Waals surface area contributed by atoms with Gasteiger partial charge in [0.2, 0.25) is 5.91 Å². The predicted octanol–water partition coefficient (Wildman–Crippen LogP) is 3.06. The van der Waals surface area contributed by atoms with Crippen molar-refractivity contribution >= 4 is 12.0 Å². The molecule has 0 heterocycles. The van der Waals surface area contributed by atoms with Crippen LogP contribution < -0.4 is 0 Å². The van der Waals surface area contributed by atoms with E-state index in [9.17, 15) is 9.90 Å². The van der Waals surface area contributed by atoms with Gasteiger partial charge in [0, 0.05) is 19.7 Å². The highest BCUT2D eigenvalue weighted by Crippen LogP contribution is 2.11. The SMILES string of the molecule is CN(Cc1ccc(O)cc1)C(=O)/C=C/c1ccccc1. The molecule has 0 saturated carbocycles. The van der Waals surface area contributed by atoms with Crippen LogP contribution in [0.3, 0.4) is 0 Å². The number of phenolic OH excluding ortho intramolecular Hbond substituents is 1. The molecule has 1 amide bonds. The normalized spacial score (nSPS) is 10.7. The average Bonchev–Trinajstić information content (AvgIpc) is 2.48. The quantitative estimate of drug-likeness (QED) is 0.865. The molecule has 1 N–H and O–H groups in total. The molecule has 0 aliphatic heterocycles. The molecule has 0 saturated heterocycles. The lowest BCUT2D eigenvalue weighted by Crippen LogP contribution is -2.24. The molecule has 2 aromatic rings. The fourth-order valence-corrected chi connectivity index (χ4v) is 1.81. The Hall–Kier alpha value is -2.55. The molecule has 0 fully saturated rings. The van der Waals surface area contributed by atoms with Crippen LogP contribution in [0.25, 0.3) is 6.08 Å². The first kappa shape index (κ1) is 13.9. The summed E-state index contributed by atoms with van der Waals surface area (Å²) in [6, 6.07) is 16.6. The van der Waals surface area contributed by atoms with Crippen molar-refractivity contribution < 1.29 is 9.90 Å². The molecular weight excluding hydrogens is 250 g/mol. The molecule has 0 unspecified atom stereocenters.